The van der Waals surface area contributed by atoms with Crippen LogP contribution in [0.3, 0.4) is 0 Å². The van der Waals surface area contributed by atoms with E-state index >= 15 is 0 Å². The summed E-state index contributed by atoms with van der Waals surface area (Å²) in [5.41, 5.74) is 2.36. The van der Waals surface area contributed by atoms with E-state index in [9.17, 15) is 5.11 Å². The molecule has 2 aromatic carbocycles. The number of halogens is 2. The summed E-state index contributed by atoms with van der Waals surface area (Å²) in [6.07, 6.45) is 0. The van der Waals surface area contributed by atoms with Crippen molar-refractivity contribution in [2.45, 2.75) is 20.4 Å². The molecule has 0 unspecified atom stereocenters. The Hall–Kier alpha value is -2.70. The van der Waals surface area contributed by atoms with E-state index in [-0.39, 0.29) is 15.8 Å². The molecule has 0 aliphatic rings. The Morgan fingerprint density at radius 2 is 1.70 bits per heavy atom. The van der Waals surface area contributed by atoms with Gasteiger partial charge in [-0.2, -0.15) is 0 Å². The monoisotopic (exact) mass is 447 g/mol. The topological polar surface area (TPSA) is 67.7 Å². The predicted molar refractivity (Wildman–Crippen MR) is 120 cm³/mol. The molecule has 0 aliphatic heterocycles. The third-order valence-corrected chi connectivity index (χ3v) is 5.15. The van der Waals surface area contributed by atoms with Crippen molar-refractivity contribution < 1.29 is 14.6 Å². The van der Waals surface area contributed by atoms with Crippen molar-refractivity contribution in [3.05, 3.63) is 58.1 Å². The van der Waals surface area contributed by atoms with Gasteiger partial charge in [-0.15, -0.1) is 10.2 Å². The molecular formula is C22H23Cl2N3O3. The summed E-state index contributed by atoms with van der Waals surface area (Å²) in [6.45, 7) is 5.97. The minimum absolute atomic E-state index is 0.144. The highest BCUT2D eigenvalue weighted by Gasteiger charge is 2.13. The van der Waals surface area contributed by atoms with E-state index in [0.29, 0.717) is 30.2 Å². The van der Waals surface area contributed by atoms with Crippen molar-refractivity contribution >= 4 is 29.0 Å². The highest BCUT2D eigenvalue weighted by atomic mass is 35.5. The molecular weight excluding hydrogens is 425 g/mol. The minimum Gasteiger partial charge on any atom is -0.505 e. The van der Waals surface area contributed by atoms with Gasteiger partial charge in [0.05, 0.1) is 29.5 Å². The van der Waals surface area contributed by atoms with Crippen LogP contribution in [0, 0.1) is 0 Å². The standard InChI is InChI=1S/C22H23Cl2N3O3/c1-4-27(13-14-6-8-19(30-5-2)20(10-14)29-3)21-9-7-18(25-26-21)15-11-16(23)22(28)17(24)12-15/h6-12,28H,4-5,13H2,1-3H3. The summed E-state index contributed by atoms with van der Waals surface area (Å²) in [5.74, 6) is 2.02. The third kappa shape index (κ3) is 4.89. The second kappa shape index (κ2) is 9.87. The smallest absolute Gasteiger partial charge is 0.161 e. The number of phenolic OH excluding ortho intramolecular Hbond substituents is 1. The maximum atomic E-state index is 9.73. The van der Waals surface area contributed by atoms with Crippen molar-refractivity contribution in [3.8, 4) is 28.5 Å². The lowest BCUT2D eigenvalue weighted by molar-refractivity contribution is 0.310. The molecule has 0 atom stereocenters. The van der Waals surface area contributed by atoms with Gasteiger partial charge in [0.15, 0.2) is 23.1 Å². The van der Waals surface area contributed by atoms with Gasteiger partial charge in [0, 0.05) is 18.7 Å². The second-order valence-corrected chi connectivity index (χ2v) is 7.31. The lowest BCUT2D eigenvalue weighted by Crippen LogP contribution is -2.23. The van der Waals surface area contributed by atoms with Crippen LogP contribution in [0.15, 0.2) is 42.5 Å². The van der Waals surface area contributed by atoms with Gasteiger partial charge in [-0.25, -0.2) is 0 Å². The summed E-state index contributed by atoms with van der Waals surface area (Å²) in [5, 5.41) is 18.7. The molecule has 30 heavy (non-hydrogen) atoms. The maximum absolute atomic E-state index is 9.73. The maximum Gasteiger partial charge on any atom is 0.161 e. The Kier molecular flexibility index (Phi) is 7.24. The number of phenols is 1. The van der Waals surface area contributed by atoms with Crippen LogP contribution >= 0.6 is 23.2 Å². The first-order chi connectivity index (χ1) is 14.5. The molecule has 3 aromatic rings. The van der Waals surface area contributed by atoms with E-state index in [0.717, 1.165) is 23.7 Å². The fraction of sp³-hybridized carbons (Fsp3) is 0.273. The Morgan fingerprint density at radius 3 is 2.27 bits per heavy atom. The molecule has 1 N–H and O–H groups in total. The molecule has 1 aromatic heterocycles. The number of aromatic nitrogens is 2. The summed E-state index contributed by atoms with van der Waals surface area (Å²) in [4.78, 5) is 2.10. The van der Waals surface area contributed by atoms with Gasteiger partial charge in [-0.1, -0.05) is 29.3 Å². The molecule has 0 spiro atoms. The van der Waals surface area contributed by atoms with E-state index in [1.54, 1.807) is 19.2 Å². The summed E-state index contributed by atoms with van der Waals surface area (Å²) in [6, 6.07) is 12.9. The molecule has 1 heterocycles. The highest BCUT2D eigenvalue weighted by molar-refractivity contribution is 6.37. The molecule has 8 heteroatoms. The van der Waals surface area contributed by atoms with Crippen LogP contribution < -0.4 is 14.4 Å². The molecule has 3 rings (SSSR count). The molecule has 0 amide bonds. The molecule has 0 saturated heterocycles. The number of rotatable bonds is 8. The second-order valence-electron chi connectivity index (χ2n) is 6.50. The number of nitrogens with zero attached hydrogens (tertiary/aromatic N) is 3. The van der Waals surface area contributed by atoms with Crippen LogP contribution in [0.1, 0.15) is 19.4 Å². The van der Waals surface area contributed by atoms with Crippen LogP contribution in [0.25, 0.3) is 11.3 Å². The Morgan fingerprint density at radius 1 is 0.967 bits per heavy atom. The van der Waals surface area contributed by atoms with Gasteiger partial charge in [0.2, 0.25) is 0 Å². The van der Waals surface area contributed by atoms with Crippen LogP contribution in [0.4, 0.5) is 5.82 Å². The van der Waals surface area contributed by atoms with E-state index in [1.165, 1.54) is 0 Å². The number of methoxy groups -OCH3 is 1. The number of ether oxygens (including phenoxy) is 2. The first-order valence-corrected chi connectivity index (χ1v) is 10.3. The van der Waals surface area contributed by atoms with Gasteiger partial charge in [-0.05, 0) is 55.8 Å². The first kappa shape index (κ1) is 22.0. The number of benzene rings is 2. The Balaban J connectivity index is 1.81. The van der Waals surface area contributed by atoms with Gasteiger partial charge in [0.1, 0.15) is 0 Å². The van der Waals surface area contributed by atoms with Crippen LogP contribution in [-0.4, -0.2) is 35.6 Å². The SMILES string of the molecule is CCOc1ccc(CN(CC)c2ccc(-c3cc(Cl)c(O)c(Cl)c3)nn2)cc1OC. The van der Waals surface area contributed by atoms with Crippen LogP contribution in [0.5, 0.6) is 17.2 Å². The van der Waals surface area contributed by atoms with E-state index in [1.807, 2.05) is 37.3 Å². The quantitative estimate of drug-likeness (QED) is 0.485. The van der Waals surface area contributed by atoms with Crippen molar-refractivity contribution in [1.29, 1.82) is 0 Å². The van der Waals surface area contributed by atoms with Gasteiger partial charge in [0.25, 0.3) is 0 Å². The summed E-state index contributed by atoms with van der Waals surface area (Å²) >= 11 is 12.0. The van der Waals surface area contributed by atoms with Crippen LogP contribution in [0.2, 0.25) is 10.0 Å². The van der Waals surface area contributed by atoms with E-state index in [2.05, 4.69) is 22.0 Å². The minimum atomic E-state index is -0.144. The molecule has 0 fully saturated rings. The molecule has 0 radical (unpaired) electrons. The normalized spacial score (nSPS) is 10.7. The third-order valence-electron chi connectivity index (χ3n) is 4.57. The highest BCUT2D eigenvalue weighted by Crippen LogP contribution is 2.36. The van der Waals surface area contributed by atoms with Crippen LogP contribution in [-0.2, 0) is 6.54 Å². The zero-order valence-electron chi connectivity index (χ0n) is 17.0. The predicted octanol–water partition coefficient (Wildman–Crippen LogP) is 5.59. The molecule has 0 aliphatic carbocycles. The fourth-order valence-electron chi connectivity index (χ4n) is 3.02. The zero-order chi connectivity index (χ0) is 21.7. The Labute approximate surface area is 186 Å². The van der Waals surface area contributed by atoms with Crippen molar-refractivity contribution in [2.75, 3.05) is 25.2 Å². The van der Waals surface area contributed by atoms with Crippen molar-refractivity contribution in [3.63, 3.8) is 0 Å². The fourth-order valence-corrected chi connectivity index (χ4v) is 3.51. The van der Waals surface area contributed by atoms with Crippen molar-refractivity contribution in [1.82, 2.24) is 10.2 Å². The molecule has 0 bridgehead atoms. The van der Waals surface area contributed by atoms with E-state index < -0.39 is 0 Å². The molecule has 6 nitrogen and oxygen atoms in total. The first-order valence-electron chi connectivity index (χ1n) is 9.53. The number of anilines is 1. The zero-order valence-corrected chi connectivity index (χ0v) is 18.5. The molecule has 0 saturated carbocycles. The van der Waals surface area contributed by atoms with Gasteiger partial charge in [-0.3, -0.25) is 0 Å². The Bertz CT molecular complexity index is 990. The van der Waals surface area contributed by atoms with E-state index in [4.69, 9.17) is 32.7 Å². The van der Waals surface area contributed by atoms with Crippen molar-refractivity contribution in [2.24, 2.45) is 0 Å². The molecule has 158 valence electrons. The van der Waals surface area contributed by atoms with Gasteiger partial charge < -0.3 is 19.5 Å². The number of hydrogen-bond acceptors (Lipinski definition) is 6. The van der Waals surface area contributed by atoms with Gasteiger partial charge >= 0.3 is 0 Å². The average Bonchev–Trinajstić information content (AvgIpc) is 2.76. The number of aromatic hydroxyl groups is 1. The number of hydrogen-bond donors (Lipinski definition) is 1. The largest absolute Gasteiger partial charge is 0.505 e. The average molecular weight is 448 g/mol. The lowest BCUT2D eigenvalue weighted by atomic mass is 10.1. The summed E-state index contributed by atoms with van der Waals surface area (Å²) in [7, 11) is 1.63. The lowest BCUT2D eigenvalue weighted by Gasteiger charge is -2.22. The summed E-state index contributed by atoms with van der Waals surface area (Å²) < 4.78 is 11.0.